The lowest BCUT2D eigenvalue weighted by molar-refractivity contribution is -0.138. The van der Waals surface area contributed by atoms with Crippen LogP contribution in [-0.2, 0) is 19.3 Å². The molecule has 1 unspecified atom stereocenters. The Kier molecular flexibility index (Phi) is 9.47. The van der Waals surface area contributed by atoms with Crippen LogP contribution in [0.15, 0.2) is 88.5 Å². The molecule has 1 aromatic heterocycles. The number of hydrogen-bond donors (Lipinski definition) is 2. The molecule has 6 nitrogen and oxygen atoms in total. The number of nitrogens with two attached hydrogens (primary N) is 1. The van der Waals surface area contributed by atoms with Gasteiger partial charge in [-0.1, -0.05) is 66.7 Å². The fourth-order valence-electron chi connectivity index (χ4n) is 4.45. The van der Waals surface area contributed by atoms with Crippen molar-refractivity contribution < 1.29 is 22.7 Å². The minimum atomic E-state index is -4.60. The fourth-order valence-corrected chi connectivity index (χ4v) is 4.45. The van der Waals surface area contributed by atoms with E-state index in [1.54, 1.807) is 55.5 Å². The lowest BCUT2D eigenvalue weighted by Gasteiger charge is -2.20. The predicted molar refractivity (Wildman–Crippen MR) is 142 cm³/mol. The molecule has 10 heteroatoms. The Morgan fingerprint density at radius 1 is 0.872 bits per heavy atom. The number of rotatable bonds is 7. The van der Waals surface area contributed by atoms with Crippen LogP contribution >= 0.6 is 0 Å². The minimum Gasteiger partial charge on any atom is -0.508 e. The maximum Gasteiger partial charge on any atom is 0.416 e. The van der Waals surface area contributed by atoms with Gasteiger partial charge in [-0.15, -0.1) is 0 Å². The summed E-state index contributed by atoms with van der Waals surface area (Å²) in [7, 11) is 0.500. The van der Waals surface area contributed by atoms with Crippen LogP contribution in [0.2, 0.25) is 0 Å². The third-order valence-corrected chi connectivity index (χ3v) is 6.40. The van der Waals surface area contributed by atoms with Gasteiger partial charge >= 0.3 is 11.9 Å². The highest BCUT2D eigenvalue weighted by molar-refractivity contribution is 5.64. The first-order chi connectivity index (χ1) is 18.6. The van der Waals surface area contributed by atoms with E-state index >= 15 is 0 Å². The number of alkyl halides is 4. The third-order valence-electron chi connectivity index (χ3n) is 6.40. The van der Waals surface area contributed by atoms with E-state index in [4.69, 9.17) is 5.73 Å². The van der Waals surface area contributed by atoms with E-state index in [0.717, 1.165) is 10.6 Å². The van der Waals surface area contributed by atoms with E-state index in [2.05, 4.69) is 0 Å². The molecular formula is C29H29F4N3O3. The maximum absolute atomic E-state index is 13.7. The standard InChI is InChI=1S/C28H26F3N3O3.CH3F/c1-18-25(19-9-3-2-4-10-19)26(36)33(16-15-23(32)21-12-6-8-14-24(21)35)27(37)34(18)17-20-11-5-7-13-22(20)28(29,30)31;1-2/h2-14,23,35H,15-17,32H2,1H3;1H3. The van der Waals surface area contributed by atoms with Gasteiger partial charge in [-0.05, 0) is 36.6 Å². The quantitative estimate of drug-likeness (QED) is 0.304. The van der Waals surface area contributed by atoms with E-state index < -0.39 is 29.0 Å². The maximum atomic E-state index is 13.7. The SMILES string of the molecule is CF.Cc1c(-c2ccccc2)c(=O)n(CCC(N)c2ccccc2O)c(=O)n1Cc1ccccc1C(F)(F)F. The van der Waals surface area contributed by atoms with Crippen LogP contribution < -0.4 is 17.0 Å². The molecule has 39 heavy (non-hydrogen) atoms. The van der Waals surface area contributed by atoms with Gasteiger partial charge in [-0.3, -0.25) is 18.3 Å². The van der Waals surface area contributed by atoms with Gasteiger partial charge < -0.3 is 10.8 Å². The topological polar surface area (TPSA) is 90.2 Å². The van der Waals surface area contributed by atoms with Gasteiger partial charge in [0.25, 0.3) is 5.56 Å². The van der Waals surface area contributed by atoms with Crippen LogP contribution in [0.4, 0.5) is 17.6 Å². The molecule has 0 saturated heterocycles. The lowest BCUT2D eigenvalue weighted by Crippen LogP contribution is -2.43. The number of hydrogen-bond acceptors (Lipinski definition) is 4. The van der Waals surface area contributed by atoms with Crippen molar-refractivity contribution in [2.24, 2.45) is 5.73 Å². The number of aromatic hydroxyl groups is 1. The summed E-state index contributed by atoms with van der Waals surface area (Å²) in [6.45, 7) is 1.10. The van der Waals surface area contributed by atoms with Crippen LogP contribution in [0.5, 0.6) is 5.75 Å². The number of benzene rings is 3. The number of nitrogens with zero attached hydrogens (tertiary/aromatic N) is 2. The van der Waals surface area contributed by atoms with E-state index in [9.17, 15) is 32.3 Å². The molecule has 1 atom stereocenters. The largest absolute Gasteiger partial charge is 0.508 e. The summed E-state index contributed by atoms with van der Waals surface area (Å²) in [6, 6.07) is 19.6. The van der Waals surface area contributed by atoms with Gasteiger partial charge in [-0.2, -0.15) is 13.2 Å². The summed E-state index contributed by atoms with van der Waals surface area (Å²) in [5.41, 5.74) is 5.51. The molecule has 3 aromatic carbocycles. The molecule has 1 heterocycles. The average Bonchev–Trinajstić information content (AvgIpc) is 2.92. The first kappa shape index (κ1) is 29.4. The zero-order valence-corrected chi connectivity index (χ0v) is 21.5. The Hall–Kier alpha value is -4.18. The molecule has 0 aliphatic heterocycles. The van der Waals surface area contributed by atoms with Gasteiger partial charge in [0.1, 0.15) is 5.75 Å². The van der Waals surface area contributed by atoms with Crippen LogP contribution in [0.3, 0.4) is 0 Å². The molecule has 0 radical (unpaired) electrons. The average molecular weight is 544 g/mol. The molecule has 4 rings (SSSR count). The van der Waals surface area contributed by atoms with Gasteiger partial charge in [0.15, 0.2) is 0 Å². The van der Waals surface area contributed by atoms with Gasteiger partial charge in [0.2, 0.25) is 0 Å². The third kappa shape index (κ3) is 6.46. The number of para-hydroxylation sites is 1. The molecule has 0 fully saturated rings. The Balaban J connectivity index is 0.00000205. The highest BCUT2D eigenvalue weighted by Crippen LogP contribution is 2.32. The smallest absolute Gasteiger partial charge is 0.416 e. The summed E-state index contributed by atoms with van der Waals surface area (Å²) < 4.78 is 52.7. The lowest BCUT2D eigenvalue weighted by atomic mass is 10.0. The first-order valence-corrected chi connectivity index (χ1v) is 12.1. The molecule has 4 aromatic rings. The number of phenols is 1. The van der Waals surface area contributed by atoms with Crippen molar-refractivity contribution in [1.29, 1.82) is 0 Å². The van der Waals surface area contributed by atoms with Gasteiger partial charge in [0, 0.05) is 23.8 Å². The summed E-state index contributed by atoms with van der Waals surface area (Å²) in [4.78, 5) is 27.1. The molecule has 0 spiro atoms. The highest BCUT2D eigenvalue weighted by Gasteiger charge is 2.33. The second-order valence-electron chi connectivity index (χ2n) is 8.76. The van der Waals surface area contributed by atoms with E-state index in [0.29, 0.717) is 18.3 Å². The normalized spacial score (nSPS) is 12.0. The van der Waals surface area contributed by atoms with Crippen LogP contribution in [-0.4, -0.2) is 21.4 Å². The molecular weight excluding hydrogens is 514 g/mol. The molecule has 206 valence electrons. The number of phenolic OH excluding ortho intramolecular Hbond substituents is 1. The molecule has 3 N–H and O–H groups in total. The molecule has 0 amide bonds. The monoisotopic (exact) mass is 543 g/mol. The van der Waals surface area contributed by atoms with Crippen LogP contribution in [0.1, 0.15) is 34.8 Å². The van der Waals surface area contributed by atoms with Crippen LogP contribution in [0.25, 0.3) is 11.1 Å². The van der Waals surface area contributed by atoms with Crippen molar-refractivity contribution in [3.8, 4) is 16.9 Å². The Morgan fingerprint density at radius 2 is 1.46 bits per heavy atom. The second-order valence-corrected chi connectivity index (χ2v) is 8.76. The van der Waals surface area contributed by atoms with Crippen molar-refractivity contribution in [2.45, 2.75) is 38.7 Å². The van der Waals surface area contributed by atoms with Gasteiger partial charge in [-0.25, -0.2) is 4.79 Å². The summed E-state index contributed by atoms with van der Waals surface area (Å²) in [5.74, 6) is -0.00241. The zero-order valence-electron chi connectivity index (χ0n) is 21.5. The Bertz CT molecular complexity index is 1530. The predicted octanol–water partition coefficient (Wildman–Crippen LogP) is 5.43. The van der Waals surface area contributed by atoms with Crippen molar-refractivity contribution in [3.05, 3.63) is 122 Å². The number of halogens is 4. The van der Waals surface area contributed by atoms with E-state index in [1.807, 2.05) is 0 Å². The Morgan fingerprint density at radius 3 is 2.10 bits per heavy atom. The minimum absolute atomic E-state index is 0.00241. The molecule has 0 saturated carbocycles. The Labute approximate surface area is 222 Å². The summed E-state index contributed by atoms with van der Waals surface area (Å²) in [5, 5.41) is 10.1. The van der Waals surface area contributed by atoms with Crippen LogP contribution in [0, 0.1) is 6.92 Å². The molecule has 0 bridgehead atoms. The number of aromatic nitrogens is 2. The fraction of sp³-hybridized carbons (Fsp3) is 0.241. The first-order valence-electron chi connectivity index (χ1n) is 12.1. The van der Waals surface area contributed by atoms with Crippen molar-refractivity contribution in [1.82, 2.24) is 9.13 Å². The van der Waals surface area contributed by atoms with Gasteiger partial charge in [0.05, 0.1) is 24.8 Å². The summed E-state index contributed by atoms with van der Waals surface area (Å²) >= 11 is 0. The zero-order chi connectivity index (χ0) is 28.7. The molecule has 0 aliphatic carbocycles. The van der Waals surface area contributed by atoms with Crippen molar-refractivity contribution in [3.63, 3.8) is 0 Å². The molecule has 0 aliphatic rings. The van der Waals surface area contributed by atoms with E-state index in [1.165, 1.54) is 28.8 Å². The van der Waals surface area contributed by atoms with Crippen molar-refractivity contribution in [2.75, 3.05) is 7.18 Å². The van der Waals surface area contributed by atoms with Crippen molar-refractivity contribution >= 4 is 0 Å². The summed E-state index contributed by atoms with van der Waals surface area (Å²) in [6.07, 6.45) is -4.46. The highest BCUT2D eigenvalue weighted by atomic mass is 19.4. The second kappa shape index (κ2) is 12.6. The van der Waals surface area contributed by atoms with E-state index in [-0.39, 0.29) is 42.1 Å².